The third-order valence-corrected chi connectivity index (χ3v) is 14.1. The Morgan fingerprint density at radius 1 is 0.329 bits per heavy atom. The smallest absolute Gasteiger partial charge is 0.164 e. The van der Waals surface area contributed by atoms with Gasteiger partial charge in [0.05, 0.1) is 27.6 Å². The number of rotatable bonds is 9. The summed E-state index contributed by atoms with van der Waals surface area (Å²) in [7, 11) is 0. The van der Waals surface area contributed by atoms with Crippen LogP contribution in [-0.4, -0.2) is 24.1 Å². The quantitative estimate of drug-likeness (QED) is 0.156. The van der Waals surface area contributed by atoms with E-state index in [1.165, 1.54) is 10.8 Å². The highest BCUT2D eigenvalue weighted by Crippen LogP contribution is 2.55. The summed E-state index contributed by atoms with van der Waals surface area (Å²) >= 11 is 0. The Morgan fingerprint density at radius 2 is 0.808 bits per heavy atom. The normalized spacial score (nSPS) is 13.2. The molecule has 13 aromatic rings. The lowest BCUT2D eigenvalue weighted by Crippen LogP contribution is -2.24. The van der Waals surface area contributed by atoms with Gasteiger partial charge in [0.25, 0.3) is 0 Å². The fraction of sp³-hybridized carbons (Fsp3) is 0.0152. The van der Waals surface area contributed by atoms with E-state index in [1.807, 2.05) is 60.7 Å². The Morgan fingerprint density at radius 3 is 1.41 bits per heavy atom. The largest absolute Gasteiger partial charge is 0.345 e. The van der Waals surface area contributed by atoms with Gasteiger partial charge in [0.15, 0.2) is 17.5 Å². The zero-order chi connectivity index (χ0) is 48.2. The van der Waals surface area contributed by atoms with Crippen LogP contribution in [0.1, 0.15) is 11.7 Å². The SMILES string of the molecule is c1ccc(-c2cc(-c3ccccc3)cc(-n3c4ccccc4c4ccc5c(c6c(n5-c5cccc(-c7nc(-c8ccccc8)nc(-c8ccccc8)n7)c5)NC(c5ccccc5)N6c5ccccc5)c43)c2)cc1. The van der Waals surface area contributed by atoms with Crippen LogP contribution in [0.25, 0.3) is 101 Å². The van der Waals surface area contributed by atoms with Gasteiger partial charge in [-0.25, -0.2) is 15.0 Å². The first-order valence-corrected chi connectivity index (χ1v) is 24.7. The minimum Gasteiger partial charge on any atom is -0.345 e. The molecule has 0 saturated heterocycles. The second kappa shape index (κ2) is 17.5. The van der Waals surface area contributed by atoms with Crippen molar-refractivity contribution in [2.45, 2.75) is 6.17 Å². The maximum atomic E-state index is 5.17. The van der Waals surface area contributed by atoms with Gasteiger partial charge < -0.3 is 14.8 Å². The molecule has 7 nitrogen and oxygen atoms in total. The van der Waals surface area contributed by atoms with E-state index in [9.17, 15) is 0 Å². The van der Waals surface area contributed by atoms with E-state index in [1.54, 1.807) is 0 Å². The molecule has 0 saturated carbocycles. The first-order valence-electron chi connectivity index (χ1n) is 24.7. The van der Waals surface area contributed by atoms with Gasteiger partial charge in [0.2, 0.25) is 0 Å². The Labute approximate surface area is 422 Å². The number of nitrogens with one attached hydrogen (secondary N) is 1. The van der Waals surface area contributed by atoms with Crippen molar-refractivity contribution in [3.8, 4) is 67.8 Å². The number of para-hydroxylation sites is 2. The fourth-order valence-electron chi connectivity index (χ4n) is 10.8. The summed E-state index contributed by atoms with van der Waals surface area (Å²) in [5.74, 6) is 2.83. The van der Waals surface area contributed by atoms with Crippen LogP contribution in [0.3, 0.4) is 0 Å². The molecule has 0 radical (unpaired) electrons. The first-order chi connectivity index (χ1) is 36.2. The Bertz CT molecular complexity index is 4040. The van der Waals surface area contributed by atoms with Crippen molar-refractivity contribution in [2.24, 2.45) is 0 Å². The van der Waals surface area contributed by atoms with Crippen LogP contribution in [-0.2, 0) is 0 Å². The molecular formula is C66H45N7. The van der Waals surface area contributed by atoms with Crippen molar-refractivity contribution >= 4 is 49.9 Å². The van der Waals surface area contributed by atoms with Gasteiger partial charge in [0.1, 0.15) is 12.0 Å². The number of hydrogen-bond donors (Lipinski definition) is 1. The molecule has 344 valence electrons. The average Bonchev–Trinajstić information content (AvgIpc) is 4.13. The molecule has 7 heteroatoms. The van der Waals surface area contributed by atoms with Crippen LogP contribution in [0.15, 0.2) is 261 Å². The average molecular weight is 936 g/mol. The number of fused-ring (bicyclic) bond motifs is 7. The highest BCUT2D eigenvalue weighted by atomic mass is 15.4. The van der Waals surface area contributed by atoms with Crippen LogP contribution < -0.4 is 10.2 Å². The lowest BCUT2D eigenvalue weighted by Gasteiger charge is -2.28. The maximum absolute atomic E-state index is 5.17. The lowest BCUT2D eigenvalue weighted by atomic mass is 9.98. The van der Waals surface area contributed by atoms with Crippen LogP contribution >= 0.6 is 0 Å². The van der Waals surface area contributed by atoms with E-state index >= 15 is 0 Å². The Hall–Kier alpha value is -9.85. The van der Waals surface area contributed by atoms with Crippen molar-refractivity contribution in [3.05, 3.63) is 266 Å². The monoisotopic (exact) mass is 935 g/mol. The van der Waals surface area contributed by atoms with Gasteiger partial charge in [-0.15, -0.1) is 0 Å². The van der Waals surface area contributed by atoms with Crippen LogP contribution in [0, 0.1) is 0 Å². The van der Waals surface area contributed by atoms with Gasteiger partial charge in [-0.1, -0.05) is 206 Å². The molecule has 0 spiro atoms. The predicted octanol–water partition coefficient (Wildman–Crippen LogP) is 16.5. The molecule has 1 aliphatic heterocycles. The molecule has 1 N–H and O–H groups in total. The van der Waals surface area contributed by atoms with Gasteiger partial charge in [-0.05, 0) is 82.4 Å². The van der Waals surface area contributed by atoms with Crippen molar-refractivity contribution < 1.29 is 0 Å². The Kier molecular flexibility index (Phi) is 10.1. The van der Waals surface area contributed by atoms with Gasteiger partial charge >= 0.3 is 0 Å². The third-order valence-electron chi connectivity index (χ3n) is 14.1. The molecule has 1 aliphatic rings. The summed E-state index contributed by atoms with van der Waals surface area (Å²) in [5, 5.41) is 7.62. The third kappa shape index (κ3) is 7.25. The fourth-order valence-corrected chi connectivity index (χ4v) is 10.8. The predicted molar refractivity (Wildman–Crippen MR) is 300 cm³/mol. The number of benzene rings is 10. The van der Waals surface area contributed by atoms with Gasteiger partial charge in [-0.2, -0.15) is 0 Å². The van der Waals surface area contributed by atoms with E-state index in [0.717, 1.165) is 95.0 Å². The maximum Gasteiger partial charge on any atom is 0.164 e. The van der Waals surface area contributed by atoms with Crippen molar-refractivity contribution in [3.63, 3.8) is 0 Å². The van der Waals surface area contributed by atoms with Crippen LogP contribution in [0.2, 0.25) is 0 Å². The molecule has 0 aliphatic carbocycles. The number of anilines is 3. The minimum absolute atomic E-state index is 0.225. The molecule has 4 heterocycles. The lowest BCUT2D eigenvalue weighted by molar-refractivity contribution is 0.823. The topological polar surface area (TPSA) is 63.8 Å². The summed E-state index contributed by atoms with van der Waals surface area (Å²) in [4.78, 5) is 17.8. The Balaban J connectivity index is 1.07. The number of hydrogen-bond acceptors (Lipinski definition) is 5. The molecule has 0 amide bonds. The van der Waals surface area contributed by atoms with E-state index in [4.69, 9.17) is 15.0 Å². The van der Waals surface area contributed by atoms with Gasteiger partial charge in [-0.3, -0.25) is 4.57 Å². The standard InChI is InChI=1S/C66H45N7/c1-7-22-44(23-8-1)50-40-51(45-24-9-2-10-25-45)43-54(42-50)71-57-37-20-19-36-55(57)56-38-39-58-59(60(56)71)61-66(70-65(48-30-15-5-16-31-48)73(61)52-33-17-6-18-34-52)72(58)53-35-21-32-49(41-53)64-68-62(46-26-11-3-12-27-46)67-63(69-64)47-28-13-4-14-29-47/h1-43,65,70H. The van der Waals surface area contributed by atoms with E-state index in [2.05, 4.69) is 220 Å². The van der Waals surface area contributed by atoms with Crippen molar-refractivity contribution in [2.75, 3.05) is 10.2 Å². The second-order valence-corrected chi connectivity index (χ2v) is 18.5. The summed E-state index contributed by atoms with van der Waals surface area (Å²) in [6.07, 6.45) is -0.225. The summed E-state index contributed by atoms with van der Waals surface area (Å²) in [6.45, 7) is 0. The molecule has 10 aromatic carbocycles. The zero-order valence-electron chi connectivity index (χ0n) is 39.6. The van der Waals surface area contributed by atoms with Crippen molar-refractivity contribution in [1.82, 2.24) is 24.1 Å². The number of nitrogens with zero attached hydrogens (tertiary/aromatic N) is 6. The highest BCUT2D eigenvalue weighted by molar-refractivity contribution is 6.24. The second-order valence-electron chi connectivity index (χ2n) is 18.5. The molecule has 1 atom stereocenters. The zero-order valence-corrected chi connectivity index (χ0v) is 39.6. The molecule has 0 fully saturated rings. The molecule has 1 unspecified atom stereocenters. The number of aromatic nitrogens is 5. The summed E-state index contributed by atoms with van der Waals surface area (Å²) in [6, 6.07) is 92.5. The molecule has 14 rings (SSSR count). The molecule has 0 bridgehead atoms. The van der Waals surface area contributed by atoms with Crippen LogP contribution in [0.4, 0.5) is 17.2 Å². The van der Waals surface area contributed by atoms with E-state index < -0.39 is 0 Å². The van der Waals surface area contributed by atoms with Crippen LogP contribution in [0.5, 0.6) is 0 Å². The minimum atomic E-state index is -0.225. The molecular weight excluding hydrogens is 891 g/mol. The van der Waals surface area contributed by atoms with E-state index in [0.29, 0.717) is 17.5 Å². The van der Waals surface area contributed by atoms with Crippen molar-refractivity contribution in [1.29, 1.82) is 0 Å². The van der Waals surface area contributed by atoms with E-state index in [-0.39, 0.29) is 6.17 Å². The highest BCUT2D eigenvalue weighted by Gasteiger charge is 2.38. The van der Waals surface area contributed by atoms with Gasteiger partial charge in [0, 0.05) is 44.5 Å². The first kappa shape index (κ1) is 42.1. The molecule has 73 heavy (non-hydrogen) atoms. The summed E-state index contributed by atoms with van der Waals surface area (Å²) < 4.78 is 4.91. The summed E-state index contributed by atoms with van der Waals surface area (Å²) in [5.41, 5.74) is 16.1. The molecule has 3 aromatic heterocycles.